The van der Waals surface area contributed by atoms with Gasteiger partial charge in [-0.2, -0.15) is 0 Å². The Balaban J connectivity index is 1.63. The topological polar surface area (TPSA) is 31.6 Å². The zero-order valence-corrected chi connectivity index (χ0v) is 12.9. The zero-order valence-electron chi connectivity index (χ0n) is 10.7. The van der Waals surface area contributed by atoms with Gasteiger partial charge in [0.25, 0.3) is 0 Å². The third-order valence-corrected chi connectivity index (χ3v) is 4.31. The van der Waals surface area contributed by atoms with Gasteiger partial charge in [-0.25, -0.2) is 0 Å². The van der Waals surface area contributed by atoms with Crippen LogP contribution in [-0.2, 0) is 15.9 Å². The predicted molar refractivity (Wildman–Crippen MR) is 82.2 cm³/mol. The van der Waals surface area contributed by atoms with Gasteiger partial charge in [-0.3, -0.25) is 0 Å². The van der Waals surface area contributed by atoms with E-state index in [0.717, 1.165) is 35.2 Å². The van der Waals surface area contributed by atoms with Gasteiger partial charge in [0.05, 0.1) is 6.61 Å². The summed E-state index contributed by atoms with van der Waals surface area (Å²) >= 11 is 2.25. The summed E-state index contributed by atoms with van der Waals surface area (Å²) in [5.41, 5.74) is 2.20. The minimum Gasteiger partial charge on any atom is -0.450 e. The van der Waals surface area contributed by atoms with Crippen molar-refractivity contribution < 1.29 is 13.9 Å². The quantitative estimate of drug-likeness (QED) is 0.757. The molecule has 0 N–H and O–H groups in total. The Labute approximate surface area is 126 Å². The van der Waals surface area contributed by atoms with Crippen molar-refractivity contribution in [1.29, 1.82) is 0 Å². The Hall–Kier alpha value is -0.590. The van der Waals surface area contributed by atoms with Gasteiger partial charge < -0.3 is 13.9 Å². The fourth-order valence-corrected chi connectivity index (χ4v) is 3.23. The summed E-state index contributed by atoms with van der Waals surface area (Å²) in [6, 6.07) is 8.15. The Morgan fingerprint density at radius 3 is 3.00 bits per heavy atom. The molecule has 2 aromatic rings. The van der Waals surface area contributed by atoms with Crippen molar-refractivity contribution in [2.24, 2.45) is 0 Å². The summed E-state index contributed by atoms with van der Waals surface area (Å²) in [5, 5.41) is 1.19. The van der Waals surface area contributed by atoms with Crippen LogP contribution in [0.4, 0.5) is 0 Å². The molecular weight excluding hydrogens is 355 g/mol. The molecule has 1 unspecified atom stereocenters. The number of furan rings is 1. The van der Waals surface area contributed by atoms with Crippen LogP contribution in [0.5, 0.6) is 0 Å². The van der Waals surface area contributed by atoms with Crippen LogP contribution in [0.1, 0.15) is 24.8 Å². The van der Waals surface area contributed by atoms with Crippen LogP contribution in [0.15, 0.2) is 28.7 Å². The molecule has 1 aromatic carbocycles. The maximum atomic E-state index is 5.79. The number of benzene rings is 1. The number of rotatable bonds is 4. The van der Waals surface area contributed by atoms with Crippen LogP contribution in [0, 0.1) is 3.77 Å². The van der Waals surface area contributed by atoms with E-state index in [4.69, 9.17) is 13.9 Å². The SMILES string of the molecule is Ic1oc2ccccc2c1CCOC1CCCCO1. The lowest BCUT2D eigenvalue weighted by Gasteiger charge is -2.22. The standard InChI is InChI=1S/C15H17IO3/c16-15-12(11-5-1-2-6-13(11)19-15)8-10-18-14-7-3-4-9-17-14/h1-2,5-6,14H,3-4,7-10H2. The Kier molecular flexibility index (Phi) is 4.40. The molecular formula is C15H17IO3. The Morgan fingerprint density at radius 1 is 1.26 bits per heavy atom. The first-order valence-electron chi connectivity index (χ1n) is 6.74. The molecule has 0 radical (unpaired) electrons. The van der Waals surface area contributed by atoms with Crippen molar-refractivity contribution in [2.45, 2.75) is 32.0 Å². The van der Waals surface area contributed by atoms with Gasteiger partial charge in [0.2, 0.25) is 0 Å². The lowest BCUT2D eigenvalue weighted by atomic mass is 10.1. The molecule has 0 amide bonds. The van der Waals surface area contributed by atoms with E-state index in [2.05, 4.69) is 28.7 Å². The van der Waals surface area contributed by atoms with Crippen molar-refractivity contribution >= 4 is 33.6 Å². The number of para-hydroxylation sites is 1. The highest BCUT2D eigenvalue weighted by Crippen LogP contribution is 2.27. The Bertz CT molecular complexity index is 543. The molecule has 0 spiro atoms. The minimum absolute atomic E-state index is 0.00965. The maximum Gasteiger partial charge on any atom is 0.168 e. The minimum atomic E-state index is -0.00965. The summed E-state index contributed by atoms with van der Waals surface area (Å²) in [7, 11) is 0. The molecule has 1 fully saturated rings. The van der Waals surface area contributed by atoms with E-state index in [1.54, 1.807) is 0 Å². The lowest BCUT2D eigenvalue weighted by molar-refractivity contribution is -0.161. The average molecular weight is 372 g/mol. The number of fused-ring (bicyclic) bond motifs is 1. The summed E-state index contributed by atoms with van der Waals surface area (Å²) in [6.07, 6.45) is 4.24. The lowest BCUT2D eigenvalue weighted by Crippen LogP contribution is -2.23. The first kappa shape index (κ1) is 13.4. The fraction of sp³-hybridized carbons (Fsp3) is 0.467. The van der Waals surface area contributed by atoms with Crippen LogP contribution in [0.2, 0.25) is 0 Å². The van der Waals surface area contributed by atoms with Crippen molar-refractivity contribution in [1.82, 2.24) is 0 Å². The van der Waals surface area contributed by atoms with E-state index in [-0.39, 0.29) is 6.29 Å². The van der Waals surface area contributed by atoms with Crippen LogP contribution >= 0.6 is 22.6 Å². The molecule has 102 valence electrons. The molecule has 4 heteroatoms. The average Bonchev–Trinajstić information content (AvgIpc) is 2.76. The molecule has 19 heavy (non-hydrogen) atoms. The van der Waals surface area contributed by atoms with Gasteiger partial charge in [0, 0.05) is 24.0 Å². The van der Waals surface area contributed by atoms with Crippen molar-refractivity contribution in [3.63, 3.8) is 0 Å². The number of hydrogen-bond donors (Lipinski definition) is 0. The molecule has 0 aliphatic carbocycles. The largest absolute Gasteiger partial charge is 0.450 e. The molecule has 1 aliphatic heterocycles. The van der Waals surface area contributed by atoms with E-state index in [1.165, 1.54) is 17.4 Å². The molecule has 0 saturated carbocycles. The summed E-state index contributed by atoms with van der Waals surface area (Å²) < 4.78 is 18.1. The van der Waals surface area contributed by atoms with Gasteiger partial charge in [-0.1, -0.05) is 18.2 Å². The van der Waals surface area contributed by atoms with Crippen molar-refractivity contribution in [3.8, 4) is 0 Å². The highest BCUT2D eigenvalue weighted by molar-refractivity contribution is 14.1. The van der Waals surface area contributed by atoms with Crippen LogP contribution in [0.25, 0.3) is 11.0 Å². The molecule has 2 heterocycles. The smallest absolute Gasteiger partial charge is 0.168 e. The molecule has 0 bridgehead atoms. The van der Waals surface area contributed by atoms with Gasteiger partial charge in [-0.05, 0) is 47.9 Å². The van der Waals surface area contributed by atoms with Crippen LogP contribution in [-0.4, -0.2) is 19.5 Å². The maximum absolute atomic E-state index is 5.79. The highest BCUT2D eigenvalue weighted by Gasteiger charge is 2.15. The van der Waals surface area contributed by atoms with Gasteiger partial charge >= 0.3 is 0 Å². The zero-order chi connectivity index (χ0) is 13.1. The monoisotopic (exact) mass is 372 g/mol. The first-order chi connectivity index (χ1) is 9.34. The Morgan fingerprint density at radius 2 is 2.16 bits per heavy atom. The van der Waals surface area contributed by atoms with Crippen LogP contribution < -0.4 is 0 Å². The van der Waals surface area contributed by atoms with Gasteiger partial charge in [0.1, 0.15) is 5.58 Å². The molecule has 1 saturated heterocycles. The molecule has 1 aromatic heterocycles. The van der Waals surface area contributed by atoms with Crippen molar-refractivity contribution in [2.75, 3.05) is 13.2 Å². The first-order valence-corrected chi connectivity index (χ1v) is 7.81. The predicted octanol–water partition coefficient (Wildman–Crippen LogP) is 4.12. The van der Waals surface area contributed by atoms with E-state index < -0.39 is 0 Å². The van der Waals surface area contributed by atoms with Crippen LogP contribution in [0.3, 0.4) is 0 Å². The third-order valence-electron chi connectivity index (χ3n) is 3.44. The van der Waals surface area contributed by atoms with Crippen molar-refractivity contribution in [3.05, 3.63) is 33.6 Å². The molecule has 3 nitrogen and oxygen atoms in total. The number of ether oxygens (including phenoxy) is 2. The van der Waals surface area contributed by atoms with E-state index in [1.807, 2.05) is 18.2 Å². The van der Waals surface area contributed by atoms with Gasteiger partial charge in [0.15, 0.2) is 10.1 Å². The normalized spacial score (nSPS) is 19.9. The number of hydrogen-bond acceptors (Lipinski definition) is 3. The van der Waals surface area contributed by atoms with E-state index in [0.29, 0.717) is 6.61 Å². The third kappa shape index (κ3) is 3.12. The molecule has 1 atom stereocenters. The summed E-state index contributed by atoms with van der Waals surface area (Å²) in [5.74, 6) is 0. The van der Waals surface area contributed by atoms with E-state index in [9.17, 15) is 0 Å². The second-order valence-electron chi connectivity index (χ2n) is 4.77. The molecule has 1 aliphatic rings. The highest BCUT2D eigenvalue weighted by atomic mass is 127. The van der Waals surface area contributed by atoms with Gasteiger partial charge in [-0.15, -0.1) is 0 Å². The fourth-order valence-electron chi connectivity index (χ4n) is 2.44. The molecule has 3 rings (SSSR count). The second kappa shape index (κ2) is 6.24. The number of halogens is 1. The second-order valence-corrected chi connectivity index (χ2v) is 5.75. The summed E-state index contributed by atoms with van der Waals surface area (Å²) in [4.78, 5) is 0. The van der Waals surface area contributed by atoms with E-state index >= 15 is 0 Å². The summed E-state index contributed by atoms with van der Waals surface area (Å²) in [6.45, 7) is 1.51.